The molecule has 0 radical (unpaired) electrons. The van der Waals surface area contributed by atoms with Crippen molar-refractivity contribution in [3.63, 3.8) is 0 Å². The zero-order valence-electron chi connectivity index (χ0n) is 14.0. The molecule has 1 N–H and O–H groups in total. The van der Waals surface area contributed by atoms with Crippen LogP contribution >= 0.6 is 0 Å². The molecule has 1 aliphatic carbocycles. The first-order chi connectivity index (χ1) is 11.7. The summed E-state index contributed by atoms with van der Waals surface area (Å²) in [7, 11) is 0. The number of H-pyrrole nitrogens is 1. The van der Waals surface area contributed by atoms with E-state index in [1.165, 1.54) is 24.1 Å². The lowest BCUT2D eigenvalue weighted by Gasteiger charge is -2.16. The molecule has 2 aromatic heterocycles. The van der Waals surface area contributed by atoms with Gasteiger partial charge in [0.15, 0.2) is 5.82 Å². The number of nitrogens with zero attached hydrogens (tertiary/aromatic N) is 4. The maximum atomic E-state index is 12.5. The van der Waals surface area contributed by atoms with E-state index in [1.54, 1.807) is 0 Å². The number of amides is 1. The molecule has 4 rings (SSSR count). The fourth-order valence-electron chi connectivity index (χ4n) is 3.81. The Labute approximate surface area is 140 Å². The van der Waals surface area contributed by atoms with Crippen LogP contribution < -0.4 is 0 Å². The molecular weight excluding hydrogens is 306 g/mol. The van der Waals surface area contributed by atoms with E-state index < -0.39 is 0 Å². The number of aryl methyl sites for hydroxylation is 3. The molecule has 7 nitrogen and oxygen atoms in total. The summed E-state index contributed by atoms with van der Waals surface area (Å²) < 4.78 is 5.24. The average molecular weight is 329 g/mol. The molecule has 0 aromatic carbocycles. The maximum Gasteiger partial charge on any atom is 0.231 e. The van der Waals surface area contributed by atoms with Gasteiger partial charge in [-0.05, 0) is 44.6 Å². The topological polar surface area (TPSA) is 87.9 Å². The lowest BCUT2D eigenvalue weighted by Crippen LogP contribution is -2.28. The van der Waals surface area contributed by atoms with Crippen LogP contribution in [0.4, 0.5) is 0 Å². The van der Waals surface area contributed by atoms with Gasteiger partial charge in [-0.3, -0.25) is 9.89 Å². The molecular formula is C17H23N5O2. The summed E-state index contributed by atoms with van der Waals surface area (Å²) in [6.07, 6.45) is 6.79. The van der Waals surface area contributed by atoms with E-state index in [4.69, 9.17) is 4.52 Å². The highest BCUT2D eigenvalue weighted by Crippen LogP contribution is 2.27. The number of aromatic amines is 1. The van der Waals surface area contributed by atoms with Crippen LogP contribution in [0, 0.1) is 6.92 Å². The van der Waals surface area contributed by atoms with Crippen molar-refractivity contribution < 1.29 is 9.32 Å². The molecule has 0 unspecified atom stereocenters. The lowest BCUT2D eigenvalue weighted by molar-refractivity contribution is -0.130. The minimum absolute atomic E-state index is 0.174. The van der Waals surface area contributed by atoms with Crippen LogP contribution in [0.25, 0.3) is 0 Å². The van der Waals surface area contributed by atoms with Gasteiger partial charge in [0.1, 0.15) is 0 Å². The fraction of sp³-hybridized carbons (Fsp3) is 0.647. The van der Waals surface area contributed by atoms with Gasteiger partial charge >= 0.3 is 0 Å². The zero-order chi connectivity index (χ0) is 16.5. The minimum Gasteiger partial charge on any atom is -0.342 e. The van der Waals surface area contributed by atoms with Gasteiger partial charge in [-0.2, -0.15) is 10.1 Å². The standard InChI is InChI=1S/C17H23N5O2/c1-11-18-17(24-21-11)12-8-9-22(10-12)16(23)7-6-15-13-4-2-3-5-14(13)19-20-15/h12H,2-10H2,1H3,(H,19,20)/t12-/m1/s1. The highest BCUT2D eigenvalue weighted by atomic mass is 16.5. The number of hydrogen-bond donors (Lipinski definition) is 1. The van der Waals surface area contributed by atoms with Crippen LogP contribution in [0.2, 0.25) is 0 Å². The second kappa shape index (κ2) is 6.37. The molecule has 1 saturated heterocycles. The predicted molar refractivity (Wildman–Crippen MR) is 86.5 cm³/mol. The maximum absolute atomic E-state index is 12.5. The normalized spacial score (nSPS) is 20.4. The summed E-state index contributed by atoms with van der Waals surface area (Å²) in [5.41, 5.74) is 3.72. The number of carbonyl (C=O) groups excluding carboxylic acids is 1. The number of hydrogen-bond acceptors (Lipinski definition) is 5. The first-order valence-corrected chi connectivity index (χ1v) is 8.83. The molecule has 0 saturated carbocycles. The van der Waals surface area contributed by atoms with E-state index >= 15 is 0 Å². The van der Waals surface area contributed by atoms with Gasteiger partial charge in [0.05, 0.1) is 11.6 Å². The summed E-state index contributed by atoms with van der Waals surface area (Å²) in [5.74, 6) is 1.68. The van der Waals surface area contributed by atoms with E-state index in [2.05, 4.69) is 20.3 Å². The Morgan fingerprint density at radius 2 is 2.25 bits per heavy atom. The summed E-state index contributed by atoms with van der Waals surface area (Å²) in [4.78, 5) is 18.7. The van der Waals surface area contributed by atoms with Gasteiger partial charge in [0, 0.05) is 31.6 Å². The van der Waals surface area contributed by atoms with Crippen molar-refractivity contribution in [1.29, 1.82) is 0 Å². The molecule has 3 heterocycles. The van der Waals surface area contributed by atoms with E-state index in [1.807, 2.05) is 11.8 Å². The molecule has 1 fully saturated rings. The van der Waals surface area contributed by atoms with E-state index in [9.17, 15) is 4.79 Å². The number of fused-ring (bicyclic) bond motifs is 1. The first kappa shape index (κ1) is 15.4. The Morgan fingerprint density at radius 3 is 3.08 bits per heavy atom. The highest BCUT2D eigenvalue weighted by molar-refractivity contribution is 5.76. The lowest BCUT2D eigenvalue weighted by atomic mass is 9.94. The molecule has 0 bridgehead atoms. The average Bonchev–Trinajstić information content (AvgIpc) is 3.31. The van der Waals surface area contributed by atoms with E-state index in [0.29, 0.717) is 24.7 Å². The summed E-state index contributed by atoms with van der Waals surface area (Å²) >= 11 is 0. The zero-order valence-corrected chi connectivity index (χ0v) is 14.0. The first-order valence-electron chi connectivity index (χ1n) is 8.83. The van der Waals surface area contributed by atoms with Gasteiger partial charge in [-0.15, -0.1) is 0 Å². The van der Waals surface area contributed by atoms with Crippen molar-refractivity contribution in [2.75, 3.05) is 13.1 Å². The van der Waals surface area contributed by atoms with Gasteiger partial charge in [-0.25, -0.2) is 0 Å². The van der Waals surface area contributed by atoms with Crippen LogP contribution in [0.5, 0.6) is 0 Å². The van der Waals surface area contributed by atoms with Crippen molar-refractivity contribution in [3.8, 4) is 0 Å². The van der Waals surface area contributed by atoms with Crippen LogP contribution in [0.1, 0.15) is 60.3 Å². The quantitative estimate of drug-likeness (QED) is 0.926. The van der Waals surface area contributed by atoms with Crippen molar-refractivity contribution in [3.05, 3.63) is 28.7 Å². The largest absolute Gasteiger partial charge is 0.342 e. The minimum atomic E-state index is 0.174. The molecule has 2 aromatic rings. The van der Waals surface area contributed by atoms with Crippen LogP contribution in [0.3, 0.4) is 0 Å². The van der Waals surface area contributed by atoms with Gasteiger partial charge in [0.2, 0.25) is 11.8 Å². The number of rotatable bonds is 4. The number of nitrogens with one attached hydrogen (secondary N) is 1. The molecule has 1 amide bonds. The van der Waals surface area contributed by atoms with E-state index in [0.717, 1.165) is 37.9 Å². The Balaban J connectivity index is 1.33. The Hall–Kier alpha value is -2.18. The van der Waals surface area contributed by atoms with Crippen molar-refractivity contribution in [2.45, 2.75) is 57.8 Å². The Kier molecular flexibility index (Phi) is 4.08. The second-order valence-electron chi connectivity index (χ2n) is 6.84. The molecule has 2 aliphatic rings. The summed E-state index contributed by atoms with van der Waals surface area (Å²) in [5, 5.41) is 11.4. The predicted octanol–water partition coefficient (Wildman–Crippen LogP) is 1.93. The van der Waals surface area contributed by atoms with Crippen molar-refractivity contribution in [2.24, 2.45) is 0 Å². The highest BCUT2D eigenvalue weighted by Gasteiger charge is 2.30. The molecule has 1 aliphatic heterocycles. The van der Waals surface area contributed by atoms with Gasteiger partial charge in [-0.1, -0.05) is 5.16 Å². The molecule has 1 atom stereocenters. The number of likely N-dealkylation sites (tertiary alicyclic amines) is 1. The monoisotopic (exact) mass is 329 g/mol. The van der Waals surface area contributed by atoms with Gasteiger partial charge < -0.3 is 9.42 Å². The Bertz CT molecular complexity index is 735. The Morgan fingerprint density at radius 1 is 1.38 bits per heavy atom. The van der Waals surface area contributed by atoms with Crippen molar-refractivity contribution >= 4 is 5.91 Å². The van der Waals surface area contributed by atoms with Gasteiger partial charge in [0.25, 0.3) is 0 Å². The van der Waals surface area contributed by atoms with Crippen molar-refractivity contribution in [1.82, 2.24) is 25.2 Å². The fourth-order valence-corrected chi connectivity index (χ4v) is 3.81. The second-order valence-corrected chi connectivity index (χ2v) is 6.84. The summed E-state index contributed by atoms with van der Waals surface area (Å²) in [6, 6.07) is 0. The van der Waals surface area contributed by atoms with Crippen LogP contribution in [-0.2, 0) is 24.1 Å². The number of aromatic nitrogens is 4. The third-order valence-electron chi connectivity index (χ3n) is 5.15. The molecule has 128 valence electrons. The third kappa shape index (κ3) is 2.95. The summed E-state index contributed by atoms with van der Waals surface area (Å²) in [6.45, 7) is 3.26. The molecule has 24 heavy (non-hydrogen) atoms. The van der Waals surface area contributed by atoms with E-state index in [-0.39, 0.29) is 11.8 Å². The third-order valence-corrected chi connectivity index (χ3v) is 5.15. The molecule has 7 heteroatoms. The molecule has 0 spiro atoms. The number of carbonyl (C=O) groups is 1. The van der Waals surface area contributed by atoms with Crippen LogP contribution in [0.15, 0.2) is 4.52 Å². The van der Waals surface area contributed by atoms with Crippen LogP contribution in [-0.4, -0.2) is 44.2 Å². The SMILES string of the molecule is Cc1noc([C@@H]2CCN(C(=O)CCc3n[nH]c4c3CCCC4)C2)n1. The smallest absolute Gasteiger partial charge is 0.231 e.